The van der Waals surface area contributed by atoms with E-state index in [1.807, 2.05) is 0 Å². The maximum Gasteiger partial charge on any atom is 0.0366 e. The lowest BCUT2D eigenvalue weighted by Gasteiger charge is -2.14. The highest BCUT2D eigenvalue weighted by Crippen LogP contribution is 2.26. The molecule has 3 N–H and O–H groups in total. The van der Waals surface area contributed by atoms with Gasteiger partial charge in [-0.05, 0) is 53.6 Å². The summed E-state index contributed by atoms with van der Waals surface area (Å²) in [5, 5.41) is 6.15. The van der Waals surface area contributed by atoms with E-state index in [0.717, 1.165) is 18.2 Å². The number of nitrogens with two attached hydrogens (primary N) is 1. The molecule has 1 saturated carbocycles. The van der Waals surface area contributed by atoms with Gasteiger partial charge in [0, 0.05) is 18.3 Å². The Morgan fingerprint density at radius 3 is 2.58 bits per heavy atom. The van der Waals surface area contributed by atoms with Gasteiger partial charge in [-0.3, -0.25) is 0 Å². The van der Waals surface area contributed by atoms with Crippen molar-refractivity contribution in [1.29, 1.82) is 0 Å². The molecule has 2 aromatic rings. The van der Waals surface area contributed by atoms with Gasteiger partial charge in [-0.2, -0.15) is 0 Å². The summed E-state index contributed by atoms with van der Waals surface area (Å²) < 4.78 is 0. The first-order valence-electron chi connectivity index (χ1n) is 7.23. The van der Waals surface area contributed by atoms with E-state index >= 15 is 0 Å². The van der Waals surface area contributed by atoms with Crippen LogP contribution in [0, 0.1) is 5.92 Å². The summed E-state index contributed by atoms with van der Waals surface area (Å²) in [5.74, 6) is 0.867. The third kappa shape index (κ3) is 2.74. The second kappa shape index (κ2) is 5.22. The van der Waals surface area contributed by atoms with E-state index in [1.165, 1.54) is 35.6 Å². The van der Waals surface area contributed by atoms with Crippen molar-refractivity contribution in [2.45, 2.75) is 38.8 Å². The summed E-state index contributed by atoms with van der Waals surface area (Å²) in [4.78, 5) is 0. The Labute approximate surface area is 115 Å². The van der Waals surface area contributed by atoms with E-state index < -0.39 is 0 Å². The molecule has 2 atom stereocenters. The first-order chi connectivity index (χ1) is 9.22. The molecular formula is C17H22N2. The molecule has 19 heavy (non-hydrogen) atoms. The zero-order valence-electron chi connectivity index (χ0n) is 11.5. The van der Waals surface area contributed by atoms with Crippen molar-refractivity contribution in [3.05, 3.63) is 42.0 Å². The summed E-state index contributed by atoms with van der Waals surface area (Å²) in [6, 6.07) is 13.4. The number of anilines is 1. The van der Waals surface area contributed by atoms with Crippen molar-refractivity contribution in [1.82, 2.24) is 5.32 Å². The van der Waals surface area contributed by atoms with Gasteiger partial charge in [-0.25, -0.2) is 0 Å². The van der Waals surface area contributed by atoms with Gasteiger partial charge < -0.3 is 11.1 Å². The lowest BCUT2D eigenvalue weighted by molar-refractivity contribution is 0.503. The average molecular weight is 254 g/mol. The van der Waals surface area contributed by atoms with Crippen LogP contribution in [0.3, 0.4) is 0 Å². The van der Waals surface area contributed by atoms with Crippen LogP contribution < -0.4 is 11.1 Å². The molecule has 0 aromatic heterocycles. The molecule has 0 heterocycles. The summed E-state index contributed by atoms with van der Waals surface area (Å²) in [5.41, 5.74) is 8.28. The predicted molar refractivity (Wildman–Crippen MR) is 82.0 cm³/mol. The van der Waals surface area contributed by atoms with Crippen LogP contribution >= 0.6 is 0 Å². The number of hydrogen-bond acceptors (Lipinski definition) is 2. The Morgan fingerprint density at radius 2 is 1.89 bits per heavy atom. The minimum atomic E-state index is 0.667. The fraction of sp³-hybridized carbons (Fsp3) is 0.412. The van der Waals surface area contributed by atoms with Crippen molar-refractivity contribution in [2.24, 2.45) is 5.92 Å². The standard InChI is InChI=1S/C17H22N2/c1-12-6-7-16(8-12)19-11-15-9-13-4-2-3-5-14(13)10-17(15)18/h2-5,9-10,12,16,19H,6-8,11,18H2,1H3. The van der Waals surface area contributed by atoms with Gasteiger partial charge in [0.15, 0.2) is 0 Å². The molecule has 1 aliphatic rings. The van der Waals surface area contributed by atoms with Gasteiger partial charge in [0.1, 0.15) is 0 Å². The Balaban J connectivity index is 1.75. The largest absolute Gasteiger partial charge is 0.398 e. The fourth-order valence-corrected chi connectivity index (χ4v) is 3.10. The Hall–Kier alpha value is -1.54. The Bertz CT molecular complexity index is 576. The number of hydrogen-bond donors (Lipinski definition) is 2. The van der Waals surface area contributed by atoms with Gasteiger partial charge in [0.2, 0.25) is 0 Å². The lowest BCUT2D eigenvalue weighted by atomic mass is 10.0. The van der Waals surface area contributed by atoms with Crippen LogP contribution in [-0.2, 0) is 6.54 Å². The van der Waals surface area contributed by atoms with E-state index in [4.69, 9.17) is 5.73 Å². The summed E-state index contributed by atoms with van der Waals surface area (Å²) >= 11 is 0. The quantitative estimate of drug-likeness (QED) is 0.820. The SMILES string of the molecule is CC1CCC(NCc2cc3ccccc3cc2N)C1. The Kier molecular flexibility index (Phi) is 3.43. The van der Waals surface area contributed by atoms with E-state index in [0.29, 0.717) is 6.04 Å². The van der Waals surface area contributed by atoms with Crippen molar-refractivity contribution < 1.29 is 0 Å². The normalized spacial score (nSPS) is 23.0. The van der Waals surface area contributed by atoms with Crippen molar-refractivity contribution in [3.8, 4) is 0 Å². The third-order valence-corrected chi connectivity index (χ3v) is 4.28. The minimum absolute atomic E-state index is 0.667. The summed E-state index contributed by atoms with van der Waals surface area (Å²) in [6.45, 7) is 3.22. The fourth-order valence-electron chi connectivity index (χ4n) is 3.10. The molecule has 0 saturated heterocycles. The summed E-state index contributed by atoms with van der Waals surface area (Å²) in [7, 11) is 0. The average Bonchev–Trinajstić information content (AvgIpc) is 2.82. The highest BCUT2D eigenvalue weighted by atomic mass is 14.9. The second-order valence-corrected chi connectivity index (χ2v) is 5.89. The maximum absolute atomic E-state index is 6.16. The van der Waals surface area contributed by atoms with Gasteiger partial charge in [0.25, 0.3) is 0 Å². The van der Waals surface area contributed by atoms with E-state index in [2.05, 4.69) is 48.6 Å². The second-order valence-electron chi connectivity index (χ2n) is 5.89. The van der Waals surface area contributed by atoms with E-state index in [-0.39, 0.29) is 0 Å². The van der Waals surface area contributed by atoms with Crippen LogP contribution in [0.5, 0.6) is 0 Å². The van der Waals surface area contributed by atoms with Crippen LogP contribution in [-0.4, -0.2) is 6.04 Å². The molecule has 100 valence electrons. The molecule has 3 rings (SSSR count). The minimum Gasteiger partial charge on any atom is -0.398 e. The van der Waals surface area contributed by atoms with Crippen molar-refractivity contribution >= 4 is 16.5 Å². The van der Waals surface area contributed by atoms with E-state index in [9.17, 15) is 0 Å². The highest BCUT2D eigenvalue weighted by molar-refractivity contribution is 5.86. The molecule has 1 fully saturated rings. The van der Waals surface area contributed by atoms with E-state index in [1.54, 1.807) is 0 Å². The van der Waals surface area contributed by atoms with Crippen LogP contribution in [0.4, 0.5) is 5.69 Å². The Morgan fingerprint density at radius 1 is 1.16 bits per heavy atom. The first-order valence-corrected chi connectivity index (χ1v) is 7.23. The molecule has 0 bridgehead atoms. The molecule has 2 aromatic carbocycles. The number of nitrogen functional groups attached to an aromatic ring is 1. The number of nitrogens with one attached hydrogen (secondary N) is 1. The van der Waals surface area contributed by atoms with Crippen LogP contribution in [0.1, 0.15) is 31.7 Å². The number of rotatable bonds is 3. The molecule has 0 aliphatic heterocycles. The maximum atomic E-state index is 6.16. The van der Waals surface area contributed by atoms with Gasteiger partial charge in [0.05, 0.1) is 0 Å². The topological polar surface area (TPSA) is 38.0 Å². The highest BCUT2D eigenvalue weighted by Gasteiger charge is 2.20. The van der Waals surface area contributed by atoms with Crippen LogP contribution in [0.25, 0.3) is 10.8 Å². The molecule has 0 amide bonds. The van der Waals surface area contributed by atoms with Crippen LogP contribution in [0.15, 0.2) is 36.4 Å². The van der Waals surface area contributed by atoms with Crippen molar-refractivity contribution in [3.63, 3.8) is 0 Å². The van der Waals surface area contributed by atoms with Gasteiger partial charge >= 0.3 is 0 Å². The molecule has 2 heteroatoms. The van der Waals surface area contributed by atoms with Gasteiger partial charge in [-0.15, -0.1) is 0 Å². The zero-order chi connectivity index (χ0) is 13.2. The van der Waals surface area contributed by atoms with Crippen LogP contribution in [0.2, 0.25) is 0 Å². The lowest BCUT2D eigenvalue weighted by Crippen LogP contribution is -2.26. The monoisotopic (exact) mass is 254 g/mol. The van der Waals surface area contributed by atoms with Crippen molar-refractivity contribution in [2.75, 3.05) is 5.73 Å². The predicted octanol–water partition coefficient (Wildman–Crippen LogP) is 3.70. The third-order valence-electron chi connectivity index (χ3n) is 4.28. The molecule has 1 aliphatic carbocycles. The molecule has 0 radical (unpaired) electrons. The molecule has 2 nitrogen and oxygen atoms in total. The zero-order valence-corrected chi connectivity index (χ0v) is 11.5. The number of fused-ring (bicyclic) bond motifs is 1. The molecular weight excluding hydrogens is 232 g/mol. The first kappa shape index (κ1) is 12.5. The number of benzene rings is 2. The molecule has 2 unspecified atom stereocenters. The summed E-state index contributed by atoms with van der Waals surface area (Å²) in [6.07, 6.45) is 3.95. The molecule has 0 spiro atoms. The smallest absolute Gasteiger partial charge is 0.0366 e. The van der Waals surface area contributed by atoms with Gasteiger partial charge in [-0.1, -0.05) is 31.2 Å².